The SMILES string of the molecule is Cc1nc2ccccn2c1C(=O)N/N=C\c1cn(-c2ccccc2)nc1-c1cccs1. The van der Waals surface area contributed by atoms with E-state index >= 15 is 0 Å². The van der Waals surface area contributed by atoms with E-state index in [0.29, 0.717) is 11.4 Å². The van der Waals surface area contributed by atoms with E-state index in [1.165, 1.54) is 0 Å². The molecular weight excluding hydrogens is 408 g/mol. The molecule has 5 rings (SSSR count). The van der Waals surface area contributed by atoms with Crippen LogP contribution in [0.25, 0.3) is 21.9 Å². The number of amides is 1. The quantitative estimate of drug-likeness (QED) is 0.336. The van der Waals surface area contributed by atoms with Crippen molar-refractivity contribution in [1.82, 2.24) is 24.6 Å². The van der Waals surface area contributed by atoms with Gasteiger partial charge in [-0.3, -0.25) is 9.20 Å². The summed E-state index contributed by atoms with van der Waals surface area (Å²) in [7, 11) is 0. The lowest BCUT2D eigenvalue weighted by Gasteiger charge is -2.01. The summed E-state index contributed by atoms with van der Waals surface area (Å²) in [5.41, 5.74) is 7.02. The number of rotatable bonds is 5. The molecule has 8 heteroatoms. The van der Waals surface area contributed by atoms with E-state index in [2.05, 4.69) is 15.5 Å². The number of para-hydroxylation sites is 1. The van der Waals surface area contributed by atoms with Crippen molar-refractivity contribution in [2.45, 2.75) is 6.92 Å². The highest BCUT2D eigenvalue weighted by atomic mass is 32.1. The van der Waals surface area contributed by atoms with Crippen molar-refractivity contribution < 1.29 is 4.79 Å². The first-order chi connectivity index (χ1) is 15.2. The molecule has 4 aromatic heterocycles. The number of hydrogen-bond acceptors (Lipinski definition) is 5. The van der Waals surface area contributed by atoms with Gasteiger partial charge in [-0.2, -0.15) is 10.2 Å². The lowest BCUT2D eigenvalue weighted by molar-refractivity contribution is 0.0948. The topological polar surface area (TPSA) is 76.6 Å². The molecule has 152 valence electrons. The predicted octanol–water partition coefficient (Wildman–Crippen LogP) is 4.32. The number of aromatic nitrogens is 4. The largest absolute Gasteiger partial charge is 0.295 e. The first kappa shape index (κ1) is 19.0. The Balaban J connectivity index is 1.44. The molecule has 0 spiro atoms. The number of carbonyl (C=O) groups is 1. The van der Waals surface area contributed by atoms with Gasteiger partial charge in [-0.15, -0.1) is 11.3 Å². The van der Waals surface area contributed by atoms with Gasteiger partial charge in [-0.05, 0) is 42.6 Å². The second-order valence-electron chi connectivity index (χ2n) is 6.86. The number of imidazole rings is 1. The summed E-state index contributed by atoms with van der Waals surface area (Å²) in [4.78, 5) is 18.2. The lowest BCUT2D eigenvalue weighted by atomic mass is 10.2. The fourth-order valence-corrected chi connectivity index (χ4v) is 4.13. The van der Waals surface area contributed by atoms with Gasteiger partial charge in [0, 0.05) is 18.0 Å². The van der Waals surface area contributed by atoms with Gasteiger partial charge in [0.05, 0.1) is 22.5 Å². The van der Waals surface area contributed by atoms with Crippen LogP contribution in [0.1, 0.15) is 21.7 Å². The smallest absolute Gasteiger partial charge is 0.290 e. The molecule has 0 unspecified atom stereocenters. The number of hydrazone groups is 1. The fraction of sp³-hybridized carbons (Fsp3) is 0.0435. The highest BCUT2D eigenvalue weighted by Crippen LogP contribution is 2.26. The Hall–Kier alpha value is -4.04. The molecule has 1 aromatic carbocycles. The average molecular weight is 427 g/mol. The zero-order valence-electron chi connectivity index (χ0n) is 16.6. The molecule has 5 aromatic rings. The zero-order chi connectivity index (χ0) is 21.2. The summed E-state index contributed by atoms with van der Waals surface area (Å²) in [6, 6.07) is 19.5. The van der Waals surface area contributed by atoms with Crippen LogP contribution in [-0.2, 0) is 0 Å². The second-order valence-corrected chi connectivity index (χ2v) is 7.81. The normalized spacial score (nSPS) is 11.4. The predicted molar refractivity (Wildman–Crippen MR) is 122 cm³/mol. The van der Waals surface area contributed by atoms with Gasteiger partial charge in [-0.25, -0.2) is 15.1 Å². The van der Waals surface area contributed by atoms with Crippen molar-refractivity contribution in [3.05, 3.63) is 95.4 Å². The third-order valence-corrected chi connectivity index (χ3v) is 5.68. The third-order valence-electron chi connectivity index (χ3n) is 4.81. The van der Waals surface area contributed by atoms with Crippen LogP contribution in [0.3, 0.4) is 0 Å². The van der Waals surface area contributed by atoms with Crippen molar-refractivity contribution in [3.8, 4) is 16.3 Å². The summed E-state index contributed by atoms with van der Waals surface area (Å²) >= 11 is 1.60. The molecule has 1 amide bonds. The molecule has 0 saturated carbocycles. The van der Waals surface area contributed by atoms with E-state index in [0.717, 1.165) is 27.5 Å². The molecule has 7 nitrogen and oxygen atoms in total. The first-order valence-corrected chi connectivity index (χ1v) is 10.5. The van der Waals surface area contributed by atoms with E-state index in [1.54, 1.807) is 22.0 Å². The lowest BCUT2D eigenvalue weighted by Crippen LogP contribution is -2.20. The number of thiophene rings is 1. The summed E-state index contributed by atoms with van der Waals surface area (Å²) in [6.07, 6.45) is 5.34. The Morgan fingerprint density at radius 1 is 1.10 bits per heavy atom. The van der Waals surface area contributed by atoms with Crippen LogP contribution >= 0.6 is 11.3 Å². The molecule has 0 aliphatic rings. The fourth-order valence-electron chi connectivity index (χ4n) is 3.40. The van der Waals surface area contributed by atoms with Crippen LogP contribution in [0.15, 0.2) is 83.5 Å². The van der Waals surface area contributed by atoms with Crippen LogP contribution in [0.2, 0.25) is 0 Å². The molecule has 4 heterocycles. The number of hydrogen-bond donors (Lipinski definition) is 1. The van der Waals surface area contributed by atoms with Gasteiger partial charge in [-0.1, -0.05) is 30.3 Å². The summed E-state index contributed by atoms with van der Waals surface area (Å²) < 4.78 is 3.57. The molecule has 0 bridgehead atoms. The van der Waals surface area contributed by atoms with Gasteiger partial charge in [0.2, 0.25) is 0 Å². The first-order valence-electron chi connectivity index (χ1n) is 9.67. The Morgan fingerprint density at radius 3 is 2.74 bits per heavy atom. The van der Waals surface area contributed by atoms with Crippen molar-refractivity contribution in [1.29, 1.82) is 0 Å². The van der Waals surface area contributed by atoms with Crippen molar-refractivity contribution in [2.75, 3.05) is 0 Å². The number of benzene rings is 1. The Kier molecular flexibility index (Phi) is 4.89. The summed E-state index contributed by atoms with van der Waals surface area (Å²) in [5, 5.41) is 11.0. The maximum atomic E-state index is 12.8. The monoisotopic (exact) mass is 426 g/mol. The molecular formula is C23H18N6OS. The van der Waals surface area contributed by atoms with Gasteiger partial charge < -0.3 is 0 Å². The Labute approximate surface area is 182 Å². The summed E-state index contributed by atoms with van der Waals surface area (Å²) in [6.45, 7) is 1.81. The van der Waals surface area contributed by atoms with Gasteiger partial charge in [0.1, 0.15) is 17.0 Å². The van der Waals surface area contributed by atoms with E-state index < -0.39 is 0 Å². The number of nitrogens with one attached hydrogen (secondary N) is 1. The Bertz CT molecular complexity index is 1380. The van der Waals surface area contributed by atoms with Crippen molar-refractivity contribution in [3.63, 3.8) is 0 Å². The molecule has 0 atom stereocenters. The number of nitrogens with zero attached hydrogens (tertiary/aromatic N) is 5. The van der Waals surface area contributed by atoms with Gasteiger partial charge >= 0.3 is 0 Å². The average Bonchev–Trinajstić information content (AvgIpc) is 3.52. The standard InChI is InChI=1S/C23H18N6OS/c1-16-22(28-12-6-5-11-20(28)25-16)23(30)26-24-14-17-15-29(18-8-3-2-4-9-18)27-21(17)19-10-7-13-31-19/h2-15H,1H3,(H,26,30)/b24-14-. The highest BCUT2D eigenvalue weighted by molar-refractivity contribution is 7.13. The maximum absolute atomic E-state index is 12.8. The molecule has 0 aliphatic heterocycles. The summed E-state index contributed by atoms with van der Waals surface area (Å²) in [5.74, 6) is -0.319. The van der Waals surface area contributed by atoms with Crippen LogP contribution in [0.4, 0.5) is 0 Å². The zero-order valence-corrected chi connectivity index (χ0v) is 17.5. The van der Waals surface area contributed by atoms with Gasteiger partial charge in [0.25, 0.3) is 5.91 Å². The van der Waals surface area contributed by atoms with E-state index in [4.69, 9.17) is 5.10 Å². The minimum absolute atomic E-state index is 0.319. The maximum Gasteiger partial charge on any atom is 0.290 e. The molecule has 1 N–H and O–H groups in total. The molecule has 0 fully saturated rings. The third kappa shape index (κ3) is 3.64. The minimum atomic E-state index is -0.319. The number of fused-ring (bicyclic) bond motifs is 1. The number of aryl methyl sites for hydroxylation is 1. The van der Waals surface area contributed by atoms with E-state index in [9.17, 15) is 4.79 Å². The van der Waals surface area contributed by atoms with E-state index in [-0.39, 0.29) is 5.91 Å². The minimum Gasteiger partial charge on any atom is -0.295 e. The van der Waals surface area contributed by atoms with Crippen LogP contribution in [0.5, 0.6) is 0 Å². The van der Waals surface area contributed by atoms with E-state index in [1.807, 2.05) is 90.0 Å². The van der Waals surface area contributed by atoms with Gasteiger partial charge in [0.15, 0.2) is 0 Å². The molecule has 0 saturated heterocycles. The molecule has 31 heavy (non-hydrogen) atoms. The molecule has 0 radical (unpaired) electrons. The Morgan fingerprint density at radius 2 is 1.94 bits per heavy atom. The van der Waals surface area contributed by atoms with Crippen LogP contribution < -0.4 is 5.43 Å². The van der Waals surface area contributed by atoms with Crippen LogP contribution in [0, 0.1) is 6.92 Å². The number of carbonyl (C=O) groups excluding carboxylic acids is 1. The van der Waals surface area contributed by atoms with Crippen molar-refractivity contribution >= 4 is 29.1 Å². The van der Waals surface area contributed by atoms with Crippen LogP contribution in [-0.4, -0.2) is 31.3 Å². The second kappa shape index (κ2) is 8.00. The number of pyridine rings is 1. The highest BCUT2D eigenvalue weighted by Gasteiger charge is 2.16. The molecule has 0 aliphatic carbocycles. The van der Waals surface area contributed by atoms with Crippen molar-refractivity contribution in [2.24, 2.45) is 5.10 Å².